The topological polar surface area (TPSA) is 77.8 Å². The molecule has 0 spiro atoms. The minimum absolute atomic E-state index is 0.0277. The van der Waals surface area contributed by atoms with Gasteiger partial charge in [-0.1, -0.05) is 30.4 Å². The molecule has 1 saturated heterocycles. The normalized spacial score (nSPS) is 18.5. The largest absolute Gasteiger partial charge is 0.481 e. The van der Waals surface area contributed by atoms with Gasteiger partial charge in [-0.25, -0.2) is 8.78 Å². The molecule has 1 aromatic rings. The standard InChI is InChI=1S/C21H25F2NO4/c22-18-10-6-15(14-19(18)23)13-17(25)9-7-16-8-11-20(26)24(16)12-4-2-1-3-5-21(27)28/h2,4,6-7,9-10,14,16-17,25H,1,3,5,8,11-13H2,(H,27,28)/t16-,17+/m0/s1. The second-order valence-electron chi connectivity index (χ2n) is 6.81. The Morgan fingerprint density at radius 2 is 2.07 bits per heavy atom. The van der Waals surface area contributed by atoms with Crippen LogP contribution in [0.2, 0.25) is 0 Å². The minimum Gasteiger partial charge on any atom is -0.481 e. The molecular formula is C21H25F2NO4. The van der Waals surface area contributed by atoms with Gasteiger partial charge in [0.1, 0.15) is 0 Å². The fraction of sp³-hybridized carbons (Fsp3) is 0.429. The summed E-state index contributed by atoms with van der Waals surface area (Å²) in [4.78, 5) is 24.2. The first-order valence-corrected chi connectivity index (χ1v) is 9.33. The van der Waals surface area contributed by atoms with E-state index in [0.717, 1.165) is 12.1 Å². The summed E-state index contributed by atoms with van der Waals surface area (Å²) >= 11 is 0. The average molecular weight is 393 g/mol. The predicted octanol–water partition coefficient (Wildman–Crippen LogP) is 3.23. The van der Waals surface area contributed by atoms with Gasteiger partial charge in [0.15, 0.2) is 11.6 Å². The lowest BCUT2D eigenvalue weighted by molar-refractivity contribution is -0.137. The zero-order valence-corrected chi connectivity index (χ0v) is 15.6. The number of rotatable bonds is 10. The summed E-state index contributed by atoms with van der Waals surface area (Å²) in [5, 5.41) is 18.7. The van der Waals surface area contributed by atoms with Crippen LogP contribution in [0.5, 0.6) is 0 Å². The molecule has 2 atom stereocenters. The lowest BCUT2D eigenvalue weighted by Crippen LogP contribution is -2.32. The molecule has 0 aromatic heterocycles. The van der Waals surface area contributed by atoms with Crippen molar-refractivity contribution in [3.05, 3.63) is 59.7 Å². The maximum Gasteiger partial charge on any atom is 0.303 e. The molecule has 1 aliphatic rings. The highest BCUT2D eigenvalue weighted by Gasteiger charge is 2.28. The Labute approximate surface area is 163 Å². The van der Waals surface area contributed by atoms with E-state index in [1.54, 1.807) is 17.1 Å². The number of benzene rings is 1. The number of carboxylic acid groups (broad SMARTS) is 1. The predicted molar refractivity (Wildman–Crippen MR) is 101 cm³/mol. The molecule has 2 rings (SSSR count). The molecule has 0 radical (unpaired) electrons. The second kappa shape index (κ2) is 10.7. The van der Waals surface area contributed by atoms with E-state index >= 15 is 0 Å². The van der Waals surface area contributed by atoms with Crippen LogP contribution in [0.1, 0.15) is 37.7 Å². The van der Waals surface area contributed by atoms with E-state index in [-0.39, 0.29) is 24.8 Å². The number of nitrogens with zero attached hydrogens (tertiary/aromatic N) is 1. The Hall–Kier alpha value is -2.54. The molecule has 28 heavy (non-hydrogen) atoms. The molecule has 0 aliphatic carbocycles. The Morgan fingerprint density at radius 1 is 1.29 bits per heavy atom. The van der Waals surface area contributed by atoms with E-state index in [0.29, 0.717) is 37.8 Å². The molecule has 7 heteroatoms. The molecule has 1 aliphatic heterocycles. The quantitative estimate of drug-likeness (QED) is 0.473. The van der Waals surface area contributed by atoms with E-state index in [1.165, 1.54) is 6.07 Å². The Balaban J connectivity index is 1.84. The zero-order chi connectivity index (χ0) is 20.5. The van der Waals surface area contributed by atoms with E-state index in [9.17, 15) is 23.5 Å². The first kappa shape index (κ1) is 21.8. The number of carboxylic acids is 1. The lowest BCUT2D eigenvalue weighted by Gasteiger charge is -2.21. The highest BCUT2D eigenvalue weighted by Crippen LogP contribution is 2.20. The zero-order valence-electron chi connectivity index (χ0n) is 15.6. The summed E-state index contributed by atoms with van der Waals surface area (Å²) in [6, 6.07) is 3.39. The number of aliphatic hydroxyl groups excluding tert-OH is 1. The molecule has 1 heterocycles. The van der Waals surface area contributed by atoms with Crippen molar-refractivity contribution in [1.82, 2.24) is 4.90 Å². The first-order valence-electron chi connectivity index (χ1n) is 9.33. The molecule has 1 aromatic carbocycles. The third kappa shape index (κ3) is 6.88. The van der Waals surface area contributed by atoms with Gasteiger partial charge >= 0.3 is 5.97 Å². The fourth-order valence-corrected chi connectivity index (χ4v) is 3.10. The Kier molecular flexibility index (Phi) is 8.32. The highest BCUT2D eigenvalue weighted by atomic mass is 19.2. The summed E-state index contributed by atoms with van der Waals surface area (Å²) in [6.07, 6.45) is 8.75. The average Bonchev–Trinajstić information content (AvgIpc) is 2.99. The number of aliphatic carboxylic acids is 1. The number of allylic oxidation sites excluding steroid dienone is 1. The second-order valence-corrected chi connectivity index (χ2v) is 6.81. The molecular weight excluding hydrogens is 368 g/mol. The van der Waals surface area contributed by atoms with Crippen LogP contribution in [0.25, 0.3) is 0 Å². The number of hydrogen-bond acceptors (Lipinski definition) is 3. The number of hydrogen-bond donors (Lipinski definition) is 2. The fourth-order valence-electron chi connectivity index (χ4n) is 3.10. The summed E-state index contributed by atoms with van der Waals surface area (Å²) < 4.78 is 26.2. The van der Waals surface area contributed by atoms with Gasteiger partial charge in [-0.05, 0) is 37.0 Å². The monoisotopic (exact) mass is 393 g/mol. The molecule has 152 valence electrons. The van der Waals surface area contributed by atoms with Gasteiger partial charge in [-0.2, -0.15) is 0 Å². The van der Waals surface area contributed by atoms with Crippen molar-refractivity contribution in [3.63, 3.8) is 0 Å². The van der Waals surface area contributed by atoms with Crippen LogP contribution in [0, 0.1) is 11.6 Å². The van der Waals surface area contributed by atoms with Crippen molar-refractivity contribution in [3.8, 4) is 0 Å². The molecule has 1 amide bonds. The number of likely N-dealkylation sites (tertiary alicyclic amines) is 1. The Morgan fingerprint density at radius 3 is 2.79 bits per heavy atom. The van der Waals surface area contributed by atoms with Crippen LogP contribution in [0.3, 0.4) is 0 Å². The van der Waals surface area contributed by atoms with Gasteiger partial charge in [0.25, 0.3) is 0 Å². The summed E-state index contributed by atoms with van der Waals surface area (Å²) in [5.74, 6) is -2.67. The number of amides is 1. The minimum atomic E-state index is -0.948. The number of unbranched alkanes of at least 4 members (excludes halogenated alkanes) is 1. The first-order chi connectivity index (χ1) is 13.4. The number of halogens is 2. The van der Waals surface area contributed by atoms with Gasteiger partial charge in [0.05, 0.1) is 12.1 Å². The van der Waals surface area contributed by atoms with E-state index in [4.69, 9.17) is 5.11 Å². The molecule has 1 fully saturated rings. The number of carbonyl (C=O) groups excluding carboxylic acids is 1. The number of carbonyl (C=O) groups is 2. The molecule has 0 bridgehead atoms. The van der Waals surface area contributed by atoms with E-state index < -0.39 is 23.7 Å². The molecule has 0 unspecified atom stereocenters. The van der Waals surface area contributed by atoms with E-state index in [1.807, 2.05) is 12.2 Å². The van der Waals surface area contributed by atoms with E-state index in [2.05, 4.69) is 0 Å². The molecule has 2 N–H and O–H groups in total. The van der Waals surface area contributed by atoms with Crippen LogP contribution in [-0.2, 0) is 16.0 Å². The maximum absolute atomic E-state index is 13.2. The van der Waals surface area contributed by atoms with Crippen LogP contribution in [0.15, 0.2) is 42.5 Å². The van der Waals surface area contributed by atoms with Gasteiger partial charge < -0.3 is 15.1 Å². The third-order valence-electron chi connectivity index (χ3n) is 4.59. The third-order valence-corrected chi connectivity index (χ3v) is 4.59. The van der Waals surface area contributed by atoms with Crippen molar-refractivity contribution in [1.29, 1.82) is 0 Å². The van der Waals surface area contributed by atoms with Crippen LogP contribution in [0.4, 0.5) is 8.78 Å². The Bertz CT molecular complexity index is 748. The van der Waals surface area contributed by atoms with Gasteiger partial charge in [-0.15, -0.1) is 0 Å². The van der Waals surface area contributed by atoms with Gasteiger partial charge in [-0.3, -0.25) is 9.59 Å². The van der Waals surface area contributed by atoms with Crippen molar-refractivity contribution >= 4 is 11.9 Å². The van der Waals surface area contributed by atoms with Crippen molar-refractivity contribution < 1.29 is 28.6 Å². The van der Waals surface area contributed by atoms with Crippen LogP contribution < -0.4 is 0 Å². The molecule has 0 saturated carbocycles. The van der Waals surface area contributed by atoms with Crippen molar-refractivity contribution in [2.45, 2.75) is 50.7 Å². The summed E-state index contributed by atoms with van der Waals surface area (Å²) in [5.41, 5.74) is 0.486. The van der Waals surface area contributed by atoms with Crippen LogP contribution in [-0.4, -0.2) is 45.7 Å². The van der Waals surface area contributed by atoms with Gasteiger partial charge in [0, 0.05) is 25.8 Å². The summed E-state index contributed by atoms with van der Waals surface area (Å²) in [6.45, 7) is 0.431. The number of aliphatic hydroxyl groups is 1. The SMILES string of the molecule is O=C(O)CCCC=CCN1C(=O)CC[C@@H]1C=C[C@@H](O)Cc1ccc(F)c(F)c1. The molecule has 5 nitrogen and oxygen atoms in total. The summed E-state index contributed by atoms with van der Waals surface area (Å²) in [7, 11) is 0. The smallest absolute Gasteiger partial charge is 0.303 e. The highest BCUT2D eigenvalue weighted by molar-refractivity contribution is 5.79. The van der Waals surface area contributed by atoms with Crippen LogP contribution >= 0.6 is 0 Å². The van der Waals surface area contributed by atoms with Crippen molar-refractivity contribution in [2.75, 3.05) is 6.54 Å². The maximum atomic E-state index is 13.2. The lowest BCUT2D eigenvalue weighted by atomic mass is 10.1. The van der Waals surface area contributed by atoms with Gasteiger partial charge in [0.2, 0.25) is 5.91 Å². The van der Waals surface area contributed by atoms with Crippen molar-refractivity contribution in [2.24, 2.45) is 0 Å².